The Hall–Kier alpha value is -1.85. The molecule has 0 bridgehead atoms. The zero-order valence-corrected chi connectivity index (χ0v) is 12.5. The van der Waals surface area contributed by atoms with Crippen LogP contribution in [0, 0.1) is 11.3 Å². The Bertz CT molecular complexity index is 570. The molecule has 1 saturated carbocycles. The van der Waals surface area contributed by atoms with Crippen molar-refractivity contribution < 1.29 is 14.7 Å². The second-order valence-corrected chi connectivity index (χ2v) is 6.82. The number of carboxylic acid groups (broad SMARTS) is 1. The molecule has 3 rings (SSSR count). The summed E-state index contributed by atoms with van der Waals surface area (Å²) in [5, 5.41) is 13.1. The lowest BCUT2D eigenvalue weighted by molar-refractivity contribution is -0.134. The molecule has 1 aromatic rings. The highest BCUT2D eigenvalue weighted by molar-refractivity contribution is 5.86. The number of likely N-dealkylation sites (tertiary alicyclic amines) is 1. The molecule has 6 heteroatoms. The van der Waals surface area contributed by atoms with Crippen LogP contribution in [0.25, 0.3) is 0 Å². The Labute approximate surface area is 123 Å². The van der Waals surface area contributed by atoms with Crippen molar-refractivity contribution in [2.24, 2.45) is 11.3 Å². The highest BCUT2D eigenvalue weighted by atomic mass is 16.4. The average molecular weight is 291 g/mol. The van der Waals surface area contributed by atoms with E-state index in [1.165, 1.54) is 6.20 Å². The van der Waals surface area contributed by atoms with Crippen LogP contribution in [0.2, 0.25) is 0 Å². The highest BCUT2D eigenvalue weighted by Crippen LogP contribution is 2.52. The maximum Gasteiger partial charge on any atom is 0.338 e. The van der Waals surface area contributed by atoms with E-state index in [-0.39, 0.29) is 28.8 Å². The number of carboxylic acids is 1. The lowest BCUT2D eigenvalue weighted by Gasteiger charge is -2.32. The minimum atomic E-state index is -0.954. The molecule has 1 aliphatic carbocycles. The van der Waals surface area contributed by atoms with Crippen molar-refractivity contribution in [1.29, 1.82) is 0 Å². The van der Waals surface area contributed by atoms with E-state index in [0.29, 0.717) is 0 Å². The molecule has 1 aliphatic heterocycles. The summed E-state index contributed by atoms with van der Waals surface area (Å²) in [7, 11) is 0. The molecule has 1 saturated heterocycles. The van der Waals surface area contributed by atoms with Crippen LogP contribution < -0.4 is 0 Å². The van der Waals surface area contributed by atoms with E-state index < -0.39 is 5.97 Å². The first-order valence-electron chi connectivity index (χ1n) is 7.45. The zero-order valence-electron chi connectivity index (χ0n) is 12.5. The minimum absolute atomic E-state index is 0.173. The van der Waals surface area contributed by atoms with Gasteiger partial charge in [-0.2, -0.15) is 5.10 Å². The molecule has 1 amide bonds. The topological polar surface area (TPSA) is 75.4 Å². The van der Waals surface area contributed by atoms with Gasteiger partial charge in [-0.15, -0.1) is 0 Å². The van der Waals surface area contributed by atoms with Crippen molar-refractivity contribution in [2.75, 3.05) is 13.1 Å². The molecule has 6 nitrogen and oxygen atoms in total. The van der Waals surface area contributed by atoms with Crippen molar-refractivity contribution in [3.8, 4) is 0 Å². The number of piperidine rings is 1. The molecule has 0 radical (unpaired) electrons. The van der Waals surface area contributed by atoms with Crippen LogP contribution in [0.5, 0.6) is 0 Å². The number of carbonyl (C=O) groups excluding carboxylic acids is 1. The molecule has 2 heterocycles. The van der Waals surface area contributed by atoms with Gasteiger partial charge < -0.3 is 10.0 Å². The number of amides is 1. The number of hydrogen-bond acceptors (Lipinski definition) is 3. The Kier molecular flexibility index (Phi) is 3.26. The van der Waals surface area contributed by atoms with Crippen LogP contribution in [0.1, 0.15) is 49.5 Å². The highest BCUT2D eigenvalue weighted by Gasteiger charge is 2.52. The molecule has 0 unspecified atom stereocenters. The molecular formula is C15H21N3O3. The van der Waals surface area contributed by atoms with Crippen molar-refractivity contribution in [3.05, 3.63) is 18.0 Å². The van der Waals surface area contributed by atoms with Crippen LogP contribution >= 0.6 is 0 Å². The summed E-state index contributed by atoms with van der Waals surface area (Å²) in [5.74, 6) is -0.479. The van der Waals surface area contributed by atoms with Crippen LogP contribution in [-0.4, -0.2) is 44.8 Å². The molecule has 0 aromatic carbocycles. The third-order valence-corrected chi connectivity index (χ3v) is 4.81. The van der Waals surface area contributed by atoms with Gasteiger partial charge in [-0.1, -0.05) is 13.8 Å². The Morgan fingerprint density at radius 1 is 1.33 bits per heavy atom. The predicted molar refractivity (Wildman–Crippen MR) is 75.9 cm³/mol. The summed E-state index contributed by atoms with van der Waals surface area (Å²) < 4.78 is 1.73. The summed E-state index contributed by atoms with van der Waals surface area (Å²) in [6, 6.07) is 0.189. The van der Waals surface area contributed by atoms with Gasteiger partial charge in [0.2, 0.25) is 5.91 Å². The lowest BCUT2D eigenvalue weighted by Crippen LogP contribution is -2.40. The summed E-state index contributed by atoms with van der Waals surface area (Å²) in [5.41, 5.74) is 0.389. The monoisotopic (exact) mass is 291 g/mol. The molecule has 21 heavy (non-hydrogen) atoms. The number of nitrogens with zero attached hydrogens (tertiary/aromatic N) is 3. The van der Waals surface area contributed by atoms with E-state index in [0.717, 1.165) is 32.4 Å². The van der Waals surface area contributed by atoms with Gasteiger partial charge in [-0.3, -0.25) is 9.48 Å². The fourth-order valence-electron chi connectivity index (χ4n) is 3.11. The largest absolute Gasteiger partial charge is 0.478 e. The zero-order chi connectivity index (χ0) is 15.2. The van der Waals surface area contributed by atoms with Gasteiger partial charge in [0.05, 0.1) is 17.8 Å². The van der Waals surface area contributed by atoms with E-state index in [2.05, 4.69) is 18.9 Å². The summed E-state index contributed by atoms with van der Waals surface area (Å²) in [6.07, 6.45) is 5.62. The maximum atomic E-state index is 12.3. The summed E-state index contributed by atoms with van der Waals surface area (Å²) in [6.45, 7) is 5.75. The Morgan fingerprint density at radius 3 is 2.43 bits per heavy atom. The van der Waals surface area contributed by atoms with Crippen LogP contribution in [0.4, 0.5) is 0 Å². The predicted octanol–water partition coefficient (Wildman–Crippen LogP) is 1.79. The van der Waals surface area contributed by atoms with Crippen molar-refractivity contribution in [3.63, 3.8) is 0 Å². The van der Waals surface area contributed by atoms with Crippen LogP contribution in [-0.2, 0) is 4.79 Å². The second kappa shape index (κ2) is 4.86. The molecule has 2 aliphatic rings. The third kappa shape index (κ3) is 2.66. The molecule has 1 aromatic heterocycles. The first-order chi connectivity index (χ1) is 9.88. The van der Waals surface area contributed by atoms with Crippen molar-refractivity contribution in [2.45, 2.75) is 39.2 Å². The third-order valence-electron chi connectivity index (χ3n) is 4.81. The van der Waals surface area contributed by atoms with Crippen molar-refractivity contribution >= 4 is 11.9 Å². The number of carbonyl (C=O) groups is 2. The number of aromatic carboxylic acids is 1. The normalized spacial score (nSPS) is 24.9. The maximum absolute atomic E-state index is 12.3. The number of hydrogen-bond donors (Lipinski definition) is 1. The molecule has 114 valence electrons. The summed E-state index contributed by atoms with van der Waals surface area (Å²) >= 11 is 0. The van der Waals surface area contributed by atoms with Gasteiger partial charge >= 0.3 is 5.97 Å². The van der Waals surface area contributed by atoms with E-state index in [4.69, 9.17) is 5.11 Å². The van der Waals surface area contributed by atoms with Gasteiger partial charge in [-0.05, 0) is 24.7 Å². The van der Waals surface area contributed by atoms with Gasteiger partial charge in [0.25, 0.3) is 0 Å². The first-order valence-corrected chi connectivity index (χ1v) is 7.45. The average Bonchev–Trinajstić information content (AvgIpc) is 2.90. The molecule has 0 spiro atoms. The summed E-state index contributed by atoms with van der Waals surface area (Å²) in [4.78, 5) is 25.2. The fourth-order valence-corrected chi connectivity index (χ4v) is 3.11. The van der Waals surface area contributed by atoms with Gasteiger partial charge in [0, 0.05) is 25.2 Å². The van der Waals surface area contributed by atoms with E-state index in [1.54, 1.807) is 10.9 Å². The van der Waals surface area contributed by atoms with Gasteiger partial charge in [0.15, 0.2) is 0 Å². The molecule has 2 fully saturated rings. The second-order valence-electron chi connectivity index (χ2n) is 6.82. The van der Waals surface area contributed by atoms with E-state index in [9.17, 15) is 9.59 Å². The SMILES string of the molecule is CC1(C)C[C@@H]1C(=O)N1CCC(n2cc(C(=O)O)cn2)CC1. The minimum Gasteiger partial charge on any atom is -0.478 e. The molecule has 1 N–H and O–H groups in total. The standard InChI is InChI=1S/C15H21N3O3/c1-15(2)7-12(15)13(19)17-5-3-11(4-6-17)18-9-10(8-16-18)14(20)21/h8-9,11-12H,3-7H2,1-2H3,(H,20,21)/t12-/m1/s1. The lowest BCUT2D eigenvalue weighted by atomic mass is 10.0. The molecular weight excluding hydrogens is 270 g/mol. The van der Waals surface area contributed by atoms with Crippen LogP contribution in [0.15, 0.2) is 12.4 Å². The van der Waals surface area contributed by atoms with Crippen LogP contribution in [0.3, 0.4) is 0 Å². The first kappa shape index (κ1) is 14.1. The van der Waals surface area contributed by atoms with Gasteiger partial charge in [-0.25, -0.2) is 4.79 Å². The van der Waals surface area contributed by atoms with E-state index >= 15 is 0 Å². The van der Waals surface area contributed by atoms with E-state index in [1.807, 2.05) is 4.90 Å². The van der Waals surface area contributed by atoms with Crippen molar-refractivity contribution in [1.82, 2.24) is 14.7 Å². The Morgan fingerprint density at radius 2 is 1.95 bits per heavy atom. The Balaban J connectivity index is 1.57. The quantitative estimate of drug-likeness (QED) is 0.921. The fraction of sp³-hybridized carbons (Fsp3) is 0.667. The molecule has 1 atom stereocenters. The number of rotatable bonds is 3. The van der Waals surface area contributed by atoms with Gasteiger partial charge in [0.1, 0.15) is 0 Å². The smallest absolute Gasteiger partial charge is 0.338 e. The number of aromatic nitrogens is 2.